The van der Waals surface area contributed by atoms with Gasteiger partial charge in [0.1, 0.15) is 24.4 Å². The van der Waals surface area contributed by atoms with Crippen LogP contribution in [0, 0.1) is 12.3 Å². The van der Waals surface area contributed by atoms with E-state index in [1.165, 1.54) is 22.9 Å². The van der Waals surface area contributed by atoms with Crippen molar-refractivity contribution in [1.82, 2.24) is 0 Å². The molecule has 10 nitrogen and oxygen atoms in total. The van der Waals surface area contributed by atoms with Crippen molar-refractivity contribution in [1.29, 1.82) is 0 Å². The van der Waals surface area contributed by atoms with Crippen molar-refractivity contribution in [3.8, 4) is 12.3 Å². The highest BCUT2D eigenvalue weighted by molar-refractivity contribution is 7.44. The fourth-order valence-electron chi connectivity index (χ4n) is 2.38. The Morgan fingerprint density at radius 2 is 2.32 bits per heavy atom. The van der Waals surface area contributed by atoms with Gasteiger partial charge in [-0.1, -0.05) is 5.92 Å². The van der Waals surface area contributed by atoms with Crippen LogP contribution in [0.15, 0.2) is 24.5 Å². The van der Waals surface area contributed by atoms with E-state index in [0.717, 1.165) is 0 Å². The minimum absolute atomic E-state index is 0.134. The number of nitrogens with two attached hydrogens (primary N) is 1. The molecule has 0 spiro atoms. The number of primary amides is 1. The first-order valence-electron chi connectivity index (χ1n) is 7.10. The molecule has 2 heterocycles. The number of hydrogen-bond acceptors (Lipinski definition) is 7. The van der Waals surface area contributed by atoms with E-state index in [1.807, 2.05) is 0 Å². The summed E-state index contributed by atoms with van der Waals surface area (Å²) in [5, 5.41) is 10.3. The maximum absolute atomic E-state index is 11.3. The summed E-state index contributed by atoms with van der Waals surface area (Å²) in [5.41, 5.74) is 5.42. The highest BCUT2D eigenvalue weighted by Crippen LogP contribution is 2.34. The van der Waals surface area contributed by atoms with E-state index in [-0.39, 0.29) is 12.2 Å². The van der Waals surface area contributed by atoms with E-state index < -0.39 is 44.9 Å². The van der Waals surface area contributed by atoms with E-state index >= 15 is 0 Å². The zero-order chi connectivity index (χ0) is 18.6. The molecular weight excluding hydrogens is 355 g/mol. The van der Waals surface area contributed by atoms with Crippen LogP contribution in [0.3, 0.4) is 0 Å². The molecule has 1 aliphatic heterocycles. The smallest absolute Gasteiger partial charge is 0.292 e. The van der Waals surface area contributed by atoms with E-state index in [0.29, 0.717) is 0 Å². The Morgan fingerprint density at radius 1 is 1.60 bits per heavy atom. The molecule has 5 atom stereocenters. The van der Waals surface area contributed by atoms with Gasteiger partial charge in [-0.05, 0) is 6.07 Å². The molecule has 0 radical (unpaired) electrons. The second-order valence-corrected chi connectivity index (χ2v) is 6.40. The average molecular weight is 372 g/mol. The van der Waals surface area contributed by atoms with Crippen LogP contribution in [0.1, 0.15) is 16.6 Å². The standard InChI is InChI=1S/C14H17N2O8P/c1-2-6-22-12-11(17)10(8-23-25(19,20)21)24-14(12)16-5-3-4-9(7-16)13(15)18/h1,3-5,7,10-12,14,17H,6,8H2,(H3-,15,18,19,20,21)/t10-,11-,12-,14-/m1/s1. The highest BCUT2D eigenvalue weighted by Gasteiger charge is 2.50. The van der Waals surface area contributed by atoms with Crippen molar-refractivity contribution in [2.75, 3.05) is 13.2 Å². The zero-order valence-corrected chi connectivity index (χ0v) is 13.8. The number of rotatable bonds is 7. The van der Waals surface area contributed by atoms with Crippen LogP contribution in [0.4, 0.5) is 0 Å². The number of carbonyl (C=O) groups excluding carboxylic acids is 1. The molecule has 1 aliphatic rings. The van der Waals surface area contributed by atoms with Crippen molar-refractivity contribution in [3.63, 3.8) is 0 Å². The molecule has 1 saturated heterocycles. The molecule has 4 N–H and O–H groups in total. The quantitative estimate of drug-likeness (QED) is 0.277. The van der Waals surface area contributed by atoms with Gasteiger partial charge in [0.15, 0.2) is 18.5 Å². The van der Waals surface area contributed by atoms with Gasteiger partial charge in [0.05, 0.1) is 6.61 Å². The molecule has 1 aromatic rings. The molecule has 11 heteroatoms. The van der Waals surface area contributed by atoms with Crippen LogP contribution in [0.25, 0.3) is 0 Å². The van der Waals surface area contributed by atoms with Crippen molar-refractivity contribution in [2.24, 2.45) is 5.73 Å². The Bertz CT molecular complexity index is 715. The number of phosphoric acid groups is 1. The Balaban J connectivity index is 2.24. The van der Waals surface area contributed by atoms with Crippen molar-refractivity contribution in [3.05, 3.63) is 30.1 Å². The van der Waals surface area contributed by atoms with Crippen LogP contribution < -0.4 is 15.2 Å². The lowest BCUT2D eigenvalue weighted by Crippen LogP contribution is -2.47. The second-order valence-electron chi connectivity index (χ2n) is 5.20. The van der Waals surface area contributed by atoms with Gasteiger partial charge in [-0.2, -0.15) is 4.57 Å². The molecule has 1 amide bonds. The fraction of sp³-hybridized carbons (Fsp3) is 0.429. The Morgan fingerprint density at radius 3 is 2.92 bits per heavy atom. The number of hydrogen-bond donors (Lipinski definition) is 3. The van der Waals surface area contributed by atoms with Gasteiger partial charge in [0.25, 0.3) is 20.0 Å². The number of amides is 1. The van der Waals surface area contributed by atoms with Crippen LogP contribution >= 0.6 is 7.82 Å². The molecular formula is C14H17N2O8P. The van der Waals surface area contributed by atoms with Gasteiger partial charge in [0, 0.05) is 6.07 Å². The van der Waals surface area contributed by atoms with Gasteiger partial charge in [-0.25, -0.2) is 0 Å². The number of aliphatic hydroxyl groups is 1. The summed E-state index contributed by atoms with van der Waals surface area (Å²) in [6, 6.07) is 3.03. The largest absolute Gasteiger partial charge is 0.756 e. The van der Waals surface area contributed by atoms with E-state index in [2.05, 4.69) is 10.4 Å². The lowest BCUT2D eigenvalue weighted by atomic mass is 10.1. The predicted octanol–water partition coefficient (Wildman–Crippen LogP) is -2.17. The number of aromatic nitrogens is 1. The van der Waals surface area contributed by atoms with Gasteiger partial charge in [-0.15, -0.1) is 6.42 Å². The van der Waals surface area contributed by atoms with Crippen LogP contribution in [-0.4, -0.2) is 47.4 Å². The summed E-state index contributed by atoms with van der Waals surface area (Å²) >= 11 is 0. The molecule has 1 fully saturated rings. The summed E-state index contributed by atoms with van der Waals surface area (Å²) < 4.78 is 27.4. The zero-order valence-electron chi connectivity index (χ0n) is 12.9. The molecule has 136 valence electrons. The molecule has 2 rings (SSSR count). The van der Waals surface area contributed by atoms with E-state index in [9.17, 15) is 19.4 Å². The third-order valence-corrected chi connectivity index (χ3v) is 3.95. The van der Waals surface area contributed by atoms with Crippen molar-refractivity contribution < 1.29 is 42.8 Å². The maximum atomic E-state index is 11.3. The first-order valence-corrected chi connectivity index (χ1v) is 8.60. The molecule has 25 heavy (non-hydrogen) atoms. The number of pyridine rings is 1. The van der Waals surface area contributed by atoms with Crippen LogP contribution in [0.2, 0.25) is 0 Å². The number of nitrogens with zero attached hydrogens (tertiary/aromatic N) is 1. The Kier molecular flexibility index (Phi) is 6.26. The van der Waals surface area contributed by atoms with Crippen LogP contribution in [-0.2, 0) is 18.6 Å². The van der Waals surface area contributed by atoms with E-state index in [1.54, 1.807) is 6.20 Å². The average Bonchev–Trinajstić information content (AvgIpc) is 2.86. The highest BCUT2D eigenvalue weighted by atomic mass is 31.2. The third-order valence-electron chi connectivity index (χ3n) is 3.47. The summed E-state index contributed by atoms with van der Waals surface area (Å²) in [4.78, 5) is 30.7. The number of phosphoric ester groups is 1. The fourth-order valence-corrected chi connectivity index (χ4v) is 2.72. The molecule has 0 saturated carbocycles. The molecule has 1 aromatic heterocycles. The lowest BCUT2D eigenvalue weighted by molar-refractivity contribution is -0.766. The van der Waals surface area contributed by atoms with Crippen molar-refractivity contribution >= 4 is 13.7 Å². The molecule has 0 bridgehead atoms. The summed E-state index contributed by atoms with van der Waals surface area (Å²) in [6.45, 7) is -0.758. The SMILES string of the molecule is C#CCO[C@@H]1[C@H](O)[C@@H](COP(=O)([O-])O)O[C@H]1[n+]1cccc(C(N)=O)c1. The monoisotopic (exact) mass is 372 g/mol. The Hall–Kier alpha value is -1.83. The first-order chi connectivity index (χ1) is 11.7. The number of ether oxygens (including phenoxy) is 2. The molecule has 0 aliphatic carbocycles. The molecule has 1 unspecified atom stereocenters. The normalized spacial score (nSPS) is 28.2. The summed E-state index contributed by atoms with van der Waals surface area (Å²) in [6.07, 6.45) is 3.77. The van der Waals surface area contributed by atoms with E-state index in [4.69, 9.17) is 26.5 Å². The second kappa shape index (κ2) is 8.03. The minimum atomic E-state index is -4.98. The lowest BCUT2D eigenvalue weighted by Gasteiger charge is -2.20. The number of terminal acetylenes is 1. The summed E-state index contributed by atoms with van der Waals surface area (Å²) in [5.74, 6) is 1.58. The van der Waals surface area contributed by atoms with Gasteiger partial charge in [-0.3, -0.25) is 9.36 Å². The van der Waals surface area contributed by atoms with Gasteiger partial charge >= 0.3 is 0 Å². The first kappa shape index (κ1) is 19.5. The van der Waals surface area contributed by atoms with Gasteiger partial charge < -0.3 is 34.6 Å². The third kappa shape index (κ3) is 5.07. The summed E-state index contributed by atoms with van der Waals surface area (Å²) in [7, 11) is -4.98. The number of aliphatic hydroxyl groups excluding tert-OH is 1. The van der Waals surface area contributed by atoms with Crippen molar-refractivity contribution in [2.45, 2.75) is 24.5 Å². The number of carbonyl (C=O) groups is 1. The van der Waals surface area contributed by atoms with Gasteiger partial charge in [0.2, 0.25) is 0 Å². The predicted molar refractivity (Wildman–Crippen MR) is 79.4 cm³/mol. The Labute approximate surface area is 143 Å². The van der Waals surface area contributed by atoms with Crippen LogP contribution in [0.5, 0.6) is 0 Å². The molecule has 0 aromatic carbocycles. The minimum Gasteiger partial charge on any atom is -0.756 e. The topological polar surface area (TPSA) is 155 Å². The maximum Gasteiger partial charge on any atom is 0.292 e.